The minimum Gasteiger partial charge on any atom is -0.475 e. The van der Waals surface area contributed by atoms with Gasteiger partial charge in [-0.3, -0.25) is 14.5 Å². The van der Waals surface area contributed by atoms with Gasteiger partial charge in [-0.2, -0.15) is 0 Å². The Bertz CT molecular complexity index is 1400. The van der Waals surface area contributed by atoms with Crippen molar-refractivity contribution in [3.63, 3.8) is 0 Å². The molecule has 1 amide bonds. The lowest BCUT2D eigenvalue weighted by molar-refractivity contribution is -0.125. The number of hydrogen-bond donors (Lipinski definition) is 2. The molecule has 0 bridgehead atoms. The summed E-state index contributed by atoms with van der Waals surface area (Å²) in [5.41, 5.74) is 4.13. The zero-order valence-corrected chi connectivity index (χ0v) is 20.2. The molecule has 3 heterocycles. The van der Waals surface area contributed by atoms with Gasteiger partial charge in [0.05, 0.1) is 29.1 Å². The first-order valence-electron chi connectivity index (χ1n) is 11.2. The van der Waals surface area contributed by atoms with E-state index in [2.05, 4.69) is 20.0 Å². The predicted octanol–water partition coefficient (Wildman–Crippen LogP) is 2.66. The van der Waals surface area contributed by atoms with E-state index in [9.17, 15) is 13.2 Å². The van der Waals surface area contributed by atoms with Crippen LogP contribution in [0.2, 0.25) is 0 Å². The van der Waals surface area contributed by atoms with Gasteiger partial charge in [-0.15, -0.1) is 0 Å². The number of sulfonamides is 1. The standard InChI is InChI=1S/C24H27N5O4S/c1-25-9-10-33-22-19(28-34(3,31)32)12-16(13-27-22)15-5-6-18-17(11-15)21-20(14-26-18)29(2)23(30)24(21)7-4-8-24/h5-6,11-14,25,28H,4,7-10H2,1-3H3. The van der Waals surface area contributed by atoms with Crippen molar-refractivity contribution in [2.75, 3.05) is 43.1 Å². The Morgan fingerprint density at radius 1 is 1.15 bits per heavy atom. The molecular weight excluding hydrogens is 454 g/mol. The topological polar surface area (TPSA) is 114 Å². The molecule has 0 radical (unpaired) electrons. The van der Waals surface area contributed by atoms with Crippen LogP contribution in [0.1, 0.15) is 24.8 Å². The number of hydrogen-bond acceptors (Lipinski definition) is 7. The van der Waals surface area contributed by atoms with Crippen molar-refractivity contribution in [3.05, 3.63) is 42.2 Å². The average Bonchev–Trinajstić information content (AvgIpc) is 3.01. The second-order valence-electron chi connectivity index (χ2n) is 8.95. The van der Waals surface area contributed by atoms with Crippen molar-refractivity contribution in [3.8, 4) is 17.0 Å². The molecule has 2 aliphatic rings. The van der Waals surface area contributed by atoms with Crippen LogP contribution >= 0.6 is 0 Å². The number of benzene rings is 1. The number of aromatic nitrogens is 2. The Morgan fingerprint density at radius 2 is 1.94 bits per heavy atom. The number of nitrogens with zero attached hydrogens (tertiary/aromatic N) is 3. The van der Waals surface area contributed by atoms with Crippen LogP contribution in [0.4, 0.5) is 11.4 Å². The number of amides is 1. The van der Waals surface area contributed by atoms with E-state index in [1.807, 2.05) is 25.2 Å². The summed E-state index contributed by atoms with van der Waals surface area (Å²) in [6.45, 7) is 0.943. The van der Waals surface area contributed by atoms with Crippen LogP contribution in [0.5, 0.6) is 5.88 Å². The van der Waals surface area contributed by atoms with Crippen molar-refractivity contribution < 1.29 is 17.9 Å². The van der Waals surface area contributed by atoms with Crippen LogP contribution in [0.3, 0.4) is 0 Å². The minimum absolute atomic E-state index is 0.137. The smallest absolute Gasteiger partial charge is 0.238 e. The van der Waals surface area contributed by atoms with Crippen LogP contribution in [0.25, 0.3) is 22.0 Å². The lowest BCUT2D eigenvalue weighted by Gasteiger charge is -2.37. The number of carbonyl (C=O) groups excluding carboxylic acids is 1. The van der Waals surface area contributed by atoms with Crippen LogP contribution in [0, 0.1) is 0 Å². The SMILES string of the molecule is CNCCOc1ncc(-c2ccc3ncc4c(c3c2)C2(CCC2)C(=O)N4C)cc1NS(C)(=O)=O. The Morgan fingerprint density at radius 3 is 2.62 bits per heavy atom. The van der Waals surface area contributed by atoms with E-state index in [4.69, 9.17) is 4.74 Å². The van der Waals surface area contributed by atoms with Crippen LogP contribution in [0.15, 0.2) is 36.7 Å². The number of rotatable bonds is 7. The molecule has 0 saturated heterocycles. The maximum absolute atomic E-state index is 13.1. The van der Waals surface area contributed by atoms with Crippen molar-refractivity contribution in [2.45, 2.75) is 24.7 Å². The zero-order valence-electron chi connectivity index (χ0n) is 19.4. The average molecular weight is 482 g/mol. The number of nitrogens with one attached hydrogen (secondary N) is 2. The first-order chi connectivity index (χ1) is 16.2. The first-order valence-corrected chi connectivity index (χ1v) is 13.1. The summed E-state index contributed by atoms with van der Waals surface area (Å²) >= 11 is 0. The van der Waals surface area contributed by atoms with E-state index in [0.717, 1.165) is 58.8 Å². The Kier molecular flexibility index (Phi) is 5.44. The van der Waals surface area contributed by atoms with E-state index in [-0.39, 0.29) is 17.5 Å². The van der Waals surface area contributed by atoms with E-state index in [0.29, 0.717) is 13.2 Å². The van der Waals surface area contributed by atoms with Gasteiger partial charge in [-0.1, -0.05) is 12.5 Å². The lowest BCUT2D eigenvalue weighted by atomic mass is 9.64. The molecule has 1 aliphatic carbocycles. The van der Waals surface area contributed by atoms with E-state index in [1.54, 1.807) is 30.4 Å². The number of ether oxygens (including phenoxy) is 1. The van der Waals surface area contributed by atoms with Crippen molar-refractivity contribution >= 4 is 38.2 Å². The van der Waals surface area contributed by atoms with Crippen LogP contribution in [-0.4, -0.2) is 57.8 Å². The molecule has 9 nitrogen and oxygen atoms in total. The van der Waals surface area contributed by atoms with E-state index < -0.39 is 15.4 Å². The number of likely N-dealkylation sites (N-methyl/N-ethyl adjacent to an activating group) is 2. The molecule has 3 aromatic rings. The molecule has 1 aromatic carbocycles. The summed E-state index contributed by atoms with van der Waals surface area (Å²) in [6, 6.07) is 7.60. The molecule has 1 aliphatic heterocycles. The summed E-state index contributed by atoms with van der Waals surface area (Å²) in [4.78, 5) is 23.8. The highest BCUT2D eigenvalue weighted by Crippen LogP contribution is 2.55. The minimum atomic E-state index is -3.53. The van der Waals surface area contributed by atoms with Gasteiger partial charge in [-0.25, -0.2) is 13.4 Å². The molecular formula is C24H27N5O4S. The van der Waals surface area contributed by atoms with Gasteiger partial charge in [0.1, 0.15) is 12.3 Å². The maximum Gasteiger partial charge on any atom is 0.238 e. The monoisotopic (exact) mass is 481 g/mol. The summed E-state index contributed by atoms with van der Waals surface area (Å²) in [5, 5.41) is 3.92. The van der Waals surface area contributed by atoms with Gasteiger partial charge in [0.2, 0.25) is 21.8 Å². The van der Waals surface area contributed by atoms with E-state index >= 15 is 0 Å². The molecule has 0 atom stereocenters. The Hall–Kier alpha value is -3.24. The van der Waals surface area contributed by atoms with Gasteiger partial charge in [0, 0.05) is 36.3 Å². The fourth-order valence-corrected chi connectivity index (χ4v) is 5.44. The highest BCUT2D eigenvalue weighted by Gasteiger charge is 2.54. The predicted molar refractivity (Wildman–Crippen MR) is 132 cm³/mol. The lowest BCUT2D eigenvalue weighted by Crippen LogP contribution is -2.43. The molecule has 1 fully saturated rings. The van der Waals surface area contributed by atoms with Gasteiger partial charge < -0.3 is 15.0 Å². The number of pyridine rings is 2. The number of fused-ring (bicyclic) bond motifs is 4. The summed E-state index contributed by atoms with van der Waals surface area (Å²) < 4.78 is 32.1. The number of carbonyl (C=O) groups is 1. The molecule has 34 heavy (non-hydrogen) atoms. The number of anilines is 2. The highest BCUT2D eigenvalue weighted by atomic mass is 32.2. The quantitative estimate of drug-likeness (QED) is 0.499. The highest BCUT2D eigenvalue weighted by molar-refractivity contribution is 7.92. The van der Waals surface area contributed by atoms with Crippen LogP contribution < -0.4 is 19.7 Å². The molecule has 0 unspecified atom stereocenters. The van der Waals surface area contributed by atoms with E-state index in [1.165, 1.54) is 0 Å². The third-order valence-corrected chi connectivity index (χ3v) is 7.27. The second-order valence-corrected chi connectivity index (χ2v) is 10.7. The van der Waals surface area contributed by atoms with Crippen molar-refractivity contribution in [1.82, 2.24) is 15.3 Å². The molecule has 178 valence electrons. The first kappa shape index (κ1) is 22.5. The fraction of sp³-hybridized carbons (Fsp3) is 0.375. The third kappa shape index (κ3) is 3.67. The molecule has 5 rings (SSSR count). The summed E-state index contributed by atoms with van der Waals surface area (Å²) in [5.74, 6) is 0.353. The van der Waals surface area contributed by atoms with Gasteiger partial charge in [-0.05, 0) is 43.7 Å². The molecule has 10 heteroatoms. The Labute approximate surface area is 198 Å². The molecule has 1 saturated carbocycles. The van der Waals surface area contributed by atoms with Crippen molar-refractivity contribution in [1.29, 1.82) is 0 Å². The Balaban J connectivity index is 1.61. The molecule has 2 N–H and O–H groups in total. The maximum atomic E-state index is 13.1. The summed E-state index contributed by atoms with van der Waals surface area (Å²) in [7, 11) is 0.0824. The van der Waals surface area contributed by atoms with Gasteiger partial charge >= 0.3 is 0 Å². The van der Waals surface area contributed by atoms with Gasteiger partial charge in [0.25, 0.3) is 0 Å². The van der Waals surface area contributed by atoms with Crippen LogP contribution in [-0.2, 0) is 20.2 Å². The zero-order chi connectivity index (χ0) is 24.1. The normalized spacial score (nSPS) is 16.6. The molecule has 1 spiro atoms. The third-order valence-electron chi connectivity index (χ3n) is 6.68. The fourth-order valence-electron chi connectivity index (χ4n) is 4.90. The molecule has 2 aromatic heterocycles. The summed E-state index contributed by atoms with van der Waals surface area (Å²) in [6.07, 6.45) is 7.26. The van der Waals surface area contributed by atoms with Gasteiger partial charge in [0.15, 0.2) is 0 Å². The largest absolute Gasteiger partial charge is 0.475 e. The second kappa shape index (κ2) is 8.21. The van der Waals surface area contributed by atoms with Crippen molar-refractivity contribution in [2.24, 2.45) is 0 Å².